The molecular formula is C11H12N2O6. The minimum absolute atomic E-state index is 0.209. The largest absolute Gasteiger partial charge is 0.465 e. The Morgan fingerprint density at radius 2 is 2.11 bits per heavy atom. The lowest BCUT2D eigenvalue weighted by Gasteiger charge is -2.15. The zero-order chi connectivity index (χ0) is 14.0. The molecule has 1 heterocycles. The number of benzene rings is 1. The molecule has 0 saturated carbocycles. The van der Waals surface area contributed by atoms with E-state index in [0.29, 0.717) is 13.2 Å². The van der Waals surface area contributed by atoms with Gasteiger partial charge in [0.15, 0.2) is 6.29 Å². The van der Waals surface area contributed by atoms with Crippen LogP contribution in [0, 0.1) is 10.1 Å². The van der Waals surface area contributed by atoms with E-state index in [0.717, 1.165) is 4.90 Å². The molecule has 0 bridgehead atoms. The molecule has 0 unspecified atom stereocenters. The standard InChI is InChI=1S/C11H12N2O6/c1-12(11(14)15)7-2-3-8(9(6-7)13(16)17)10-18-4-5-19-10/h2-3,6,10H,4-5H2,1H3,(H,14,15). The van der Waals surface area contributed by atoms with Gasteiger partial charge >= 0.3 is 6.09 Å². The summed E-state index contributed by atoms with van der Waals surface area (Å²) in [6.45, 7) is 0.747. The van der Waals surface area contributed by atoms with E-state index in [1.165, 1.54) is 25.2 Å². The molecule has 19 heavy (non-hydrogen) atoms. The third-order valence-electron chi connectivity index (χ3n) is 2.76. The molecule has 1 amide bonds. The van der Waals surface area contributed by atoms with Crippen LogP contribution in [0.2, 0.25) is 0 Å². The third-order valence-corrected chi connectivity index (χ3v) is 2.76. The van der Waals surface area contributed by atoms with E-state index >= 15 is 0 Å². The monoisotopic (exact) mass is 268 g/mol. The Labute approximate surface area is 108 Å². The summed E-state index contributed by atoms with van der Waals surface area (Å²) in [4.78, 5) is 22.2. The van der Waals surface area contributed by atoms with Gasteiger partial charge in [-0.05, 0) is 12.1 Å². The minimum atomic E-state index is -1.20. The molecule has 1 aromatic rings. The highest BCUT2D eigenvalue weighted by Gasteiger charge is 2.28. The van der Waals surface area contributed by atoms with E-state index in [1.54, 1.807) is 0 Å². The van der Waals surface area contributed by atoms with Crippen LogP contribution in [0.1, 0.15) is 11.9 Å². The topological polar surface area (TPSA) is 102 Å². The lowest BCUT2D eigenvalue weighted by Crippen LogP contribution is -2.23. The van der Waals surface area contributed by atoms with Crippen molar-refractivity contribution in [2.45, 2.75) is 6.29 Å². The molecule has 8 heteroatoms. The molecule has 1 N–H and O–H groups in total. The maximum atomic E-state index is 11.1. The molecule has 8 nitrogen and oxygen atoms in total. The maximum absolute atomic E-state index is 11.1. The quantitative estimate of drug-likeness (QED) is 0.661. The highest BCUT2D eigenvalue weighted by molar-refractivity contribution is 5.86. The van der Waals surface area contributed by atoms with E-state index in [4.69, 9.17) is 14.6 Å². The number of carboxylic acid groups (broad SMARTS) is 1. The van der Waals surface area contributed by atoms with Crippen LogP contribution < -0.4 is 4.90 Å². The summed E-state index contributed by atoms with van der Waals surface area (Å²) in [5.74, 6) is 0. The average molecular weight is 268 g/mol. The second kappa shape index (κ2) is 5.21. The first-order valence-corrected chi connectivity index (χ1v) is 5.49. The summed E-state index contributed by atoms with van der Waals surface area (Å²) in [5, 5.41) is 19.9. The van der Waals surface area contributed by atoms with Crippen LogP contribution in [0.4, 0.5) is 16.2 Å². The molecule has 0 spiro atoms. The summed E-state index contributed by atoms with van der Waals surface area (Å²) in [6.07, 6.45) is -1.97. The van der Waals surface area contributed by atoms with Gasteiger partial charge in [-0.15, -0.1) is 0 Å². The molecule has 1 fully saturated rings. The molecule has 1 aromatic carbocycles. The predicted molar refractivity (Wildman–Crippen MR) is 64.2 cm³/mol. The van der Waals surface area contributed by atoms with Crippen LogP contribution in [0.15, 0.2) is 18.2 Å². The molecule has 1 saturated heterocycles. The smallest absolute Gasteiger partial charge is 0.411 e. The van der Waals surface area contributed by atoms with Gasteiger partial charge in [-0.2, -0.15) is 0 Å². The van der Waals surface area contributed by atoms with Crippen molar-refractivity contribution < 1.29 is 24.3 Å². The Morgan fingerprint density at radius 3 is 2.63 bits per heavy atom. The zero-order valence-electron chi connectivity index (χ0n) is 10.1. The molecule has 0 radical (unpaired) electrons. The van der Waals surface area contributed by atoms with Crippen molar-refractivity contribution in [1.29, 1.82) is 0 Å². The number of carbonyl (C=O) groups is 1. The van der Waals surface area contributed by atoms with Gasteiger partial charge in [0.1, 0.15) is 0 Å². The molecule has 102 valence electrons. The normalized spacial score (nSPS) is 15.4. The van der Waals surface area contributed by atoms with E-state index < -0.39 is 17.3 Å². The number of rotatable bonds is 3. The summed E-state index contributed by atoms with van der Waals surface area (Å²) < 4.78 is 10.4. The predicted octanol–water partition coefficient (Wildman–Crippen LogP) is 1.75. The number of nitrogens with zero attached hydrogens (tertiary/aromatic N) is 2. The Hall–Kier alpha value is -2.19. The Bertz CT molecular complexity index is 512. The Balaban J connectivity index is 2.40. The fraction of sp³-hybridized carbons (Fsp3) is 0.364. The van der Waals surface area contributed by atoms with Gasteiger partial charge in [-0.25, -0.2) is 4.79 Å². The first-order chi connectivity index (χ1) is 9.00. The fourth-order valence-corrected chi connectivity index (χ4v) is 1.75. The van der Waals surface area contributed by atoms with Gasteiger partial charge in [0.05, 0.1) is 29.4 Å². The van der Waals surface area contributed by atoms with Crippen LogP contribution in [0.25, 0.3) is 0 Å². The van der Waals surface area contributed by atoms with Gasteiger partial charge in [0.2, 0.25) is 0 Å². The van der Waals surface area contributed by atoms with Crippen LogP contribution in [-0.4, -0.2) is 36.4 Å². The summed E-state index contributed by atoms with van der Waals surface area (Å²) in [6, 6.07) is 4.11. The molecular weight excluding hydrogens is 256 g/mol. The van der Waals surface area contributed by atoms with Crippen molar-refractivity contribution in [1.82, 2.24) is 0 Å². The van der Waals surface area contributed by atoms with E-state index in [1.807, 2.05) is 0 Å². The van der Waals surface area contributed by atoms with Crippen molar-refractivity contribution in [3.05, 3.63) is 33.9 Å². The van der Waals surface area contributed by atoms with Crippen LogP contribution in [0.3, 0.4) is 0 Å². The molecule has 0 aliphatic carbocycles. The van der Waals surface area contributed by atoms with Crippen LogP contribution in [-0.2, 0) is 9.47 Å². The summed E-state index contributed by atoms with van der Waals surface area (Å²) >= 11 is 0. The molecule has 1 aliphatic rings. The number of ether oxygens (including phenoxy) is 2. The Kier molecular flexibility index (Phi) is 3.63. The van der Waals surface area contributed by atoms with E-state index in [-0.39, 0.29) is 16.9 Å². The Morgan fingerprint density at radius 1 is 1.47 bits per heavy atom. The highest BCUT2D eigenvalue weighted by atomic mass is 16.7. The van der Waals surface area contributed by atoms with Crippen molar-refractivity contribution in [3.8, 4) is 0 Å². The first kappa shape index (κ1) is 13.2. The number of hydrogen-bond donors (Lipinski definition) is 1. The van der Waals surface area contributed by atoms with E-state index in [2.05, 4.69) is 0 Å². The lowest BCUT2D eigenvalue weighted by atomic mass is 10.1. The van der Waals surface area contributed by atoms with Crippen molar-refractivity contribution in [2.24, 2.45) is 0 Å². The number of amides is 1. The molecule has 1 aliphatic heterocycles. The summed E-state index contributed by atoms with van der Waals surface area (Å²) in [7, 11) is 1.31. The molecule has 0 atom stereocenters. The summed E-state index contributed by atoms with van der Waals surface area (Å²) in [5.41, 5.74) is 0.267. The fourth-order valence-electron chi connectivity index (χ4n) is 1.75. The number of anilines is 1. The maximum Gasteiger partial charge on any atom is 0.411 e. The van der Waals surface area contributed by atoms with Gasteiger partial charge in [0.25, 0.3) is 5.69 Å². The number of nitro groups is 1. The lowest BCUT2D eigenvalue weighted by molar-refractivity contribution is -0.386. The highest BCUT2D eigenvalue weighted by Crippen LogP contribution is 2.33. The van der Waals surface area contributed by atoms with Crippen molar-refractivity contribution >= 4 is 17.5 Å². The van der Waals surface area contributed by atoms with Gasteiger partial charge in [0, 0.05) is 13.1 Å². The average Bonchev–Trinajstić information content (AvgIpc) is 2.90. The minimum Gasteiger partial charge on any atom is -0.465 e. The number of hydrogen-bond acceptors (Lipinski definition) is 5. The van der Waals surface area contributed by atoms with Gasteiger partial charge in [-0.1, -0.05) is 0 Å². The van der Waals surface area contributed by atoms with Crippen molar-refractivity contribution in [3.63, 3.8) is 0 Å². The molecule has 2 rings (SSSR count). The molecule has 0 aromatic heterocycles. The van der Waals surface area contributed by atoms with Crippen LogP contribution in [0.5, 0.6) is 0 Å². The third kappa shape index (κ3) is 2.64. The SMILES string of the molecule is CN(C(=O)O)c1ccc(C2OCCO2)c([N+](=O)[O-])c1. The van der Waals surface area contributed by atoms with Gasteiger partial charge < -0.3 is 14.6 Å². The van der Waals surface area contributed by atoms with Gasteiger partial charge in [-0.3, -0.25) is 15.0 Å². The second-order valence-electron chi connectivity index (χ2n) is 3.92. The number of nitro benzene ring substituents is 1. The van der Waals surface area contributed by atoms with Crippen molar-refractivity contribution in [2.75, 3.05) is 25.2 Å². The van der Waals surface area contributed by atoms with Crippen LogP contribution >= 0.6 is 0 Å². The first-order valence-electron chi connectivity index (χ1n) is 5.49. The second-order valence-corrected chi connectivity index (χ2v) is 3.92. The zero-order valence-corrected chi connectivity index (χ0v) is 10.1. The van der Waals surface area contributed by atoms with E-state index in [9.17, 15) is 14.9 Å².